The topological polar surface area (TPSA) is 64.4 Å². The summed E-state index contributed by atoms with van der Waals surface area (Å²) >= 11 is 9.39. The summed E-state index contributed by atoms with van der Waals surface area (Å²) in [6.45, 7) is 0.955. The number of benzene rings is 3. The van der Waals surface area contributed by atoms with Gasteiger partial charge in [0.05, 0.1) is 4.92 Å². The van der Waals surface area contributed by atoms with Crippen molar-refractivity contribution in [2.75, 3.05) is 5.32 Å². The molecule has 0 heterocycles. The lowest BCUT2D eigenvalue weighted by molar-refractivity contribution is -0.384. The zero-order valence-corrected chi connectivity index (χ0v) is 16.5. The Labute approximate surface area is 170 Å². The van der Waals surface area contributed by atoms with E-state index in [-0.39, 0.29) is 5.69 Å². The number of hydrogen-bond donors (Lipinski definition) is 1. The minimum Gasteiger partial charge on any atom is -0.489 e. The first-order valence-electron chi connectivity index (χ1n) is 8.15. The molecule has 0 fully saturated rings. The van der Waals surface area contributed by atoms with Gasteiger partial charge in [-0.05, 0) is 48.0 Å². The first-order chi connectivity index (χ1) is 13.0. The highest BCUT2D eigenvalue weighted by atomic mass is 79.9. The highest BCUT2D eigenvalue weighted by Crippen LogP contribution is 2.26. The summed E-state index contributed by atoms with van der Waals surface area (Å²) in [5, 5.41) is 14.7. The number of nitrogens with one attached hydrogen (secondary N) is 1. The molecule has 0 radical (unpaired) electrons. The molecule has 0 unspecified atom stereocenters. The van der Waals surface area contributed by atoms with Crippen molar-refractivity contribution in [1.29, 1.82) is 0 Å². The van der Waals surface area contributed by atoms with E-state index in [1.807, 2.05) is 42.5 Å². The fourth-order valence-electron chi connectivity index (χ4n) is 2.47. The summed E-state index contributed by atoms with van der Waals surface area (Å²) in [6, 6.07) is 19.6. The Kier molecular flexibility index (Phi) is 6.32. The predicted octanol–water partition coefficient (Wildman–Crippen LogP) is 6.20. The quantitative estimate of drug-likeness (QED) is 0.346. The maximum absolute atomic E-state index is 10.7. The average molecular weight is 448 g/mol. The molecule has 27 heavy (non-hydrogen) atoms. The van der Waals surface area contributed by atoms with Gasteiger partial charge in [-0.3, -0.25) is 10.1 Å². The lowest BCUT2D eigenvalue weighted by Crippen LogP contribution is -2.04. The lowest BCUT2D eigenvalue weighted by Gasteiger charge is -2.14. The van der Waals surface area contributed by atoms with Gasteiger partial charge in [0.2, 0.25) is 0 Å². The van der Waals surface area contributed by atoms with Gasteiger partial charge in [0, 0.05) is 39.4 Å². The molecule has 0 aromatic heterocycles. The molecular weight excluding hydrogens is 432 g/mol. The molecule has 0 atom stereocenters. The first-order valence-corrected chi connectivity index (χ1v) is 9.32. The molecule has 3 aromatic rings. The molecule has 0 aliphatic carbocycles. The monoisotopic (exact) mass is 446 g/mol. The Balaban J connectivity index is 1.68. The molecule has 5 nitrogen and oxygen atoms in total. The zero-order chi connectivity index (χ0) is 19.2. The van der Waals surface area contributed by atoms with Crippen LogP contribution >= 0.6 is 27.5 Å². The summed E-state index contributed by atoms with van der Waals surface area (Å²) in [5.41, 5.74) is 2.85. The fraction of sp³-hybridized carbons (Fsp3) is 0.100. The summed E-state index contributed by atoms with van der Waals surface area (Å²) in [5.74, 6) is 0.766. The molecule has 0 amide bonds. The number of rotatable bonds is 7. The van der Waals surface area contributed by atoms with Crippen molar-refractivity contribution in [3.8, 4) is 5.75 Å². The normalized spacial score (nSPS) is 10.4. The van der Waals surface area contributed by atoms with Crippen molar-refractivity contribution in [2.24, 2.45) is 0 Å². The van der Waals surface area contributed by atoms with Crippen LogP contribution in [0.2, 0.25) is 5.02 Å². The summed E-state index contributed by atoms with van der Waals surface area (Å²) in [4.78, 5) is 10.3. The van der Waals surface area contributed by atoms with Crippen molar-refractivity contribution in [3.63, 3.8) is 0 Å². The van der Waals surface area contributed by atoms with Gasteiger partial charge < -0.3 is 10.1 Å². The van der Waals surface area contributed by atoms with E-state index in [0.717, 1.165) is 27.0 Å². The number of nitro benzene ring substituents is 1. The number of nitrogens with zero attached hydrogens (tertiary/aromatic N) is 1. The number of halogens is 2. The molecule has 0 saturated carbocycles. The van der Waals surface area contributed by atoms with Crippen molar-refractivity contribution in [3.05, 3.63) is 97.5 Å². The van der Waals surface area contributed by atoms with Crippen LogP contribution in [0.5, 0.6) is 5.75 Å². The smallest absolute Gasteiger partial charge is 0.269 e. The summed E-state index contributed by atoms with van der Waals surface area (Å²) in [7, 11) is 0. The van der Waals surface area contributed by atoms with Crippen LogP contribution in [-0.2, 0) is 13.2 Å². The van der Waals surface area contributed by atoms with Crippen molar-refractivity contribution in [2.45, 2.75) is 13.2 Å². The third-order valence-corrected chi connectivity index (χ3v) is 4.64. The SMILES string of the molecule is O=[N+]([O-])c1ccc(NCc2cc(Br)ccc2OCc2ccc(Cl)cc2)cc1. The molecule has 1 N–H and O–H groups in total. The van der Waals surface area contributed by atoms with Gasteiger partial charge in [0.15, 0.2) is 0 Å². The second-order valence-electron chi connectivity index (χ2n) is 5.82. The Morgan fingerprint density at radius 2 is 1.74 bits per heavy atom. The van der Waals surface area contributed by atoms with Gasteiger partial charge in [-0.15, -0.1) is 0 Å². The van der Waals surface area contributed by atoms with E-state index in [2.05, 4.69) is 21.2 Å². The van der Waals surface area contributed by atoms with Gasteiger partial charge in [0.1, 0.15) is 12.4 Å². The first kappa shape index (κ1) is 19.2. The molecule has 3 aromatic carbocycles. The number of non-ortho nitro benzene ring substituents is 1. The van der Waals surface area contributed by atoms with E-state index in [9.17, 15) is 10.1 Å². The van der Waals surface area contributed by atoms with Crippen LogP contribution in [0, 0.1) is 10.1 Å². The van der Waals surface area contributed by atoms with E-state index in [1.165, 1.54) is 12.1 Å². The second kappa shape index (κ2) is 8.88. The van der Waals surface area contributed by atoms with Crippen LogP contribution in [0.1, 0.15) is 11.1 Å². The van der Waals surface area contributed by atoms with E-state index >= 15 is 0 Å². The Morgan fingerprint density at radius 3 is 2.41 bits per heavy atom. The summed E-state index contributed by atoms with van der Waals surface area (Å²) < 4.78 is 6.91. The van der Waals surface area contributed by atoms with Crippen LogP contribution in [0.15, 0.2) is 71.2 Å². The van der Waals surface area contributed by atoms with Gasteiger partial charge >= 0.3 is 0 Å². The summed E-state index contributed by atoms with van der Waals surface area (Å²) in [6.07, 6.45) is 0. The zero-order valence-electron chi connectivity index (χ0n) is 14.2. The van der Waals surface area contributed by atoms with E-state index in [0.29, 0.717) is 18.2 Å². The minimum atomic E-state index is -0.416. The third-order valence-electron chi connectivity index (χ3n) is 3.89. The van der Waals surface area contributed by atoms with Crippen molar-refractivity contribution in [1.82, 2.24) is 0 Å². The van der Waals surface area contributed by atoms with Crippen molar-refractivity contribution >= 4 is 38.9 Å². The maximum Gasteiger partial charge on any atom is 0.269 e. The van der Waals surface area contributed by atoms with E-state index in [1.54, 1.807) is 12.1 Å². The van der Waals surface area contributed by atoms with Crippen LogP contribution in [0.3, 0.4) is 0 Å². The predicted molar refractivity (Wildman–Crippen MR) is 110 cm³/mol. The highest BCUT2D eigenvalue weighted by molar-refractivity contribution is 9.10. The van der Waals surface area contributed by atoms with Crippen LogP contribution in [-0.4, -0.2) is 4.92 Å². The molecule has 0 spiro atoms. The molecular formula is C20H16BrClN2O3. The Hall–Kier alpha value is -2.57. The van der Waals surface area contributed by atoms with Crippen LogP contribution in [0.4, 0.5) is 11.4 Å². The molecule has 0 aliphatic heterocycles. The molecule has 0 bridgehead atoms. The number of hydrogen-bond acceptors (Lipinski definition) is 4. The average Bonchev–Trinajstić information content (AvgIpc) is 2.67. The number of anilines is 1. The van der Waals surface area contributed by atoms with Crippen LogP contribution in [0.25, 0.3) is 0 Å². The van der Waals surface area contributed by atoms with E-state index < -0.39 is 4.92 Å². The van der Waals surface area contributed by atoms with Gasteiger partial charge in [-0.2, -0.15) is 0 Å². The van der Waals surface area contributed by atoms with E-state index in [4.69, 9.17) is 16.3 Å². The largest absolute Gasteiger partial charge is 0.489 e. The molecule has 0 saturated heterocycles. The minimum absolute atomic E-state index is 0.0648. The molecule has 3 rings (SSSR count). The van der Waals surface area contributed by atoms with Crippen LogP contribution < -0.4 is 10.1 Å². The standard InChI is InChI=1S/C20H16BrClN2O3/c21-16-3-10-20(27-13-14-1-4-17(22)5-2-14)15(11-16)12-23-18-6-8-19(9-7-18)24(25)26/h1-11,23H,12-13H2. The maximum atomic E-state index is 10.7. The van der Waals surface area contributed by atoms with Crippen molar-refractivity contribution < 1.29 is 9.66 Å². The molecule has 138 valence electrons. The number of nitro groups is 1. The molecule has 0 aliphatic rings. The van der Waals surface area contributed by atoms with Gasteiger partial charge in [-0.25, -0.2) is 0 Å². The second-order valence-corrected chi connectivity index (χ2v) is 7.18. The highest BCUT2D eigenvalue weighted by Gasteiger charge is 2.07. The number of ether oxygens (including phenoxy) is 1. The van der Waals surface area contributed by atoms with Gasteiger partial charge in [-0.1, -0.05) is 39.7 Å². The third kappa shape index (κ3) is 5.45. The Morgan fingerprint density at radius 1 is 1.04 bits per heavy atom. The molecule has 7 heteroatoms. The lowest BCUT2D eigenvalue weighted by atomic mass is 10.2. The van der Waals surface area contributed by atoms with Gasteiger partial charge in [0.25, 0.3) is 5.69 Å². The fourth-order valence-corrected chi connectivity index (χ4v) is 3.00. The Bertz CT molecular complexity index is 931.